The quantitative estimate of drug-likeness (QED) is 0.407. The van der Waals surface area contributed by atoms with E-state index in [1.54, 1.807) is 0 Å². The molecule has 0 radical (unpaired) electrons. The first-order valence-electron chi connectivity index (χ1n) is 4.26. The summed E-state index contributed by atoms with van der Waals surface area (Å²) in [6, 6.07) is 0. The number of carbonyl (C=O) groups excluding carboxylic acids is 2. The number of rotatable bonds is 3. The van der Waals surface area contributed by atoms with Crippen LogP contribution in [-0.4, -0.2) is 27.4 Å². The lowest BCUT2D eigenvalue weighted by Gasteiger charge is -2.15. The highest BCUT2D eigenvalue weighted by molar-refractivity contribution is 6.71. The van der Waals surface area contributed by atoms with Crippen molar-refractivity contribution in [3.8, 4) is 0 Å². The third-order valence-corrected chi connectivity index (χ3v) is 2.06. The molecule has 5 heteroatoms. The van der Waals surface area contributed by atoms with Gasteiger partial charge >= 0.3 is 11.9 Å². The topological polar surface area (TPSA) is 52.6 Å². The molecule has 0 aliphatic rings. The highest BCUT2D eigenvalue weighted by Gasteiger charge is 2.19. The van der Waals surface area contributed by atoms with E-state index in [4.69, 9.17) is 4.43 Å². The fourth-order valence-electron chi connectivity index (χ4n) is 0.728. The lowest BCUT2D eigenvalue weighted by atomic mass is 10.3. The van der Waals surface area contributed by atoms with Gasteiger partial charge < -0.3 is 9.16 Å². The van der Waals surface area contributed by atoms with Gasteiger partial charge in [-0.25, -0.2) is 9.59 Å². The number of hydrogen-bond acceptors (Lipinski definition) is 4. The van der Waals surface area contributed by atoms with Crippen LogP contribution in [0.1, 0.15) is 6.92 Å². The zero-order chi connectivity index (χ0) is 11.4. The molecule has 0 aliphatic carbocycles. The molecule has 80 valence electrons. The van der Waals surface area contributed by atoms with Crippen LogP contribution >= 0.6 is 0 Å². The van der Waals surface area contributed by atoms with Crippen LogP contribution in [0.5, 0.6) is 0 Å². The van der Waals surface area contributed by atoms with E-state index in [0.717, 1.165) is 6.08 Å². The van der Waals surface area contributed by atoms with Gasteiger partial charge in [0.05, 0.1) is 7.11 Å². The van der Waals surface area contributed by atoms with Gasteiger partial charge in [0.15, 0.2) is 0 Å². The van der Waals surface area contributed by atoms with Crippen molar-refractivity contribution in [2.75, 3.05) is 7.11 Å². The van der Waals surface area contributed by atoms with Gasteiger partial charge in [-0.2, -0.15) is 0 Å². The molecule has 0 unspecified atom stereocenters. The summed E-state index contributed by atoms with van der Waals surface area (Å²) in [7, 11) is -0.611. The van der Waals surface area contributed by atoms with Crippen LogP contribution in [0.4, 0.5) is 0 Å². The van der Waals surface area contributed by atoms with Crippen LogP contribution in [0, 0.1) is 0 Å². The monoisotopic (exact) mass is 216 g/mol. The van der Waals surface area contributed by atoms with Gasteiger partial charge in [0.25, 0.3) is 0 Å². The molecular formula is C9H16O4Si. The average molecular weight is 216 g/mol. The Labute approximate surface area is 85.0 Å². The van der Waals surface area contributed by atoms with Crippen molar-refractivity contribution in [2.45, 2.75) is 26.6 Å². The van der Waals surface area contributed by atoms with Crippen molar-refractivity contribution in [1.29, 1.82) is 0 Å². The Hall–Kier alpha value is -1.10. The maximum absolute atomic E-state index is 11.2. The van der Waals surface area contributed by atoms with Crippen LogP contribution < -0.4 is 0 Å². The summed E-state index contributed by atoms with van der Waals surface area (Å²) in [5.41, 5.74) is 0.246. The lowest BCUT2D eigenvalue weighted by molar-refractivity contribution is -0.137. The van der Waals surface area contributed by atoms with Gasteiger partial charge in [-0.1, -0.05) is 0 Å². The lowest BCUT2D eigenvalue weighted by Crippen LogP contribution is -2.28. The smallest absolute Gasteiger partial charge is 0.333 e. The molecule has 0 N–H and O–H groups in total. The van der Waals surface area contributed by atoms with E-state index in [1.807, 2.05) is 19.6 Å². The molecule has 0 aromatic heterocycles. The Kier molecular flexibility index (Phi) is 4.56. The fraction of sp³-hybridized carbons (Fsp3) is 0.556. The van der Waals surface area contributed by atoms with E-state index in [9.17, 15) is 9.59 Å². The minimum atomic E-state index is -1.88. The maximum Gasteiger partial charge on any atom is 0.333 e. The average Bonchev–Trinajstić information content (AvgIpc) is 1.99. The van der Waals surface area contributed by atoms with Gasteiger partial charge in [0.2, 0.25) is 8.32 Å². The fourth-order valence-corrected chi connectivity index (χ4v) is 1.39. The van der Waals surface area contributed by atoms with E-state index in [-0.39, 0.29) is 5.57 Å². The van der Waals surface area contributed by atoms with E-state index in [0.29, 0.717) is 0 Å². The Balaban J connectivity index is 4.37. The third-order valence-electron chi connectivity index (χ3n) is 1.25. The van der Waals surface area contributed by atoms with Gasteiger partial charge in [-0.3, -0.25) is 0 Å². The second-order valence-corrected chi connectivity index (χ2v) is 8.28. The number of methoxy groups -OCH3 is 1. The van der Waals surface area contributed by atoms with Gasteiger partial charge in [0, 0.05) is 11.6 Å². The summed E-state index contributed by atoms with van der Waals surface area (Å²) >= 11 is 0. The minimum absolute atomic E-state index is 0.246. The summed E-state index contributed by atoms with van der Waals surface area (Å²) in [5.74, 6) is -0.996. The first kappa shape index (κ1) is 12.9. The zero-order valence-corrected chi connectivity index (χ0v) is 10.2. The highest BCUT2D eigenvalue weighted by Crippen LogP contribution is 2.05. The SMILES string of the molecule is COC(=O)C(C)=CC(=O)O[Si](C)(C)C. The molecule has 0 aliphatic heterocycles. The Bertz CT molecular complexity index is 262. The largest absolute Gasteiger partial charge is 0.517 e. The standard InChI is InChI=1S/C9H16O4Si/c1-7(9(11)12-2)6-8(10)13-14(3,4)5/h6H,1-5H3. The van der Waals surface area contributed by atoms with Gasteiger partial charge in [0.1, 0.15) is 0 Å². The number of hydrogen-bond donors (Lipinski definition) is 0. The molecular weight excluding hydrogens is 200 g/mol. The molecule has 0 amide bonds. The van der Waals surface area contributed by atoms with Crippen molar-refractivity contribution < 1.29 is 18.8 Å². The highest BCUT2D eigenvalue weighted by atomic mass is 28.4. The van der Waals surface area contributed by atoms with Crippen LogP contribution in [0.25, 0.3) is 0 Å². The summed E-state index contributed by atoms with van der Waals surface area (Å²) in [5, 5.41) is 0. The molecule has 0 saturated carbocycles. The maximum atomic E-state index is 11.2. The summed E-state index contributed by atoms with van der Waals surface area (Å²) in [6.45, 7) is 7.20. The molecule has 4 nitrogen and oxygen atoms in total. The van der Waals surface area contributed by atoms with Crippen molar-refractivity contribution >= 4 is 20.3 Å². The van der Waals surface area contributed by atoms with Crippen molar-refractivity contribution in [3.63, 3.8) is 0 Å². The van der Waals surface area contributed by atoms with E-state index < -0.39 is 20.3 Å². The van der Waals surface area contributed by atoms with E-state index in [1.165, 1.54) is 14.0 Å². The summed E-state index contributed by atoms with van der Waals surface area (Å²) < 4.78 is 9.56. The Morgan fingerprint density at radius 1 is 1.21 bits per heavy atom. The second kappa shape index (κ2) is 4.95. The number of ether oxygens (including phenoxy) is 1. The molecule has 0 aromatic carbocycles. The van der Waals surface area contributed by atoms with E-state index in [2.05, 4.69) is 4.74 Å². The molecule has 0 heterocycles. The molecule has 0 fully saturated rings. The van der Waals surface area contributed by atoms with Gasteiger partial charge in [-0.05, 0) is 26.6 Å². The van der Waals surface area contributed by atoms with Crippen molar-refractivity contribution in [1.82, 2.24) is 0 Å². The number of esters is 1. The number of carbonyl (C=O) groups is 2. The molecule has 0 bridgehead atoms. The zero-order valence-electron chi connectivity index (χ0n) is 9.21. The van der Waals surface area contributed by atoms with Crippen molar-refractivity contribution in [2.24, 2.45) is 0 Å². The predicted molar refractivity (Wildman–Crippen MR) is 55.2 cm³/mol. The van der Waals surface area contributed by atoms with Gasteiger partial charge in [-0.15, -0.1) is 0 Å². The van der Waals surface area contributed by atoms with Crippen LogP contribution in [-0.2, 0) is 18.8 Å². The van der Waals surface area contributed by atoms with Crippen LogP contribution in [0.15, 0.2) is 11.6 Å². The first-order chi connectivity index (χ1) is 6.26. The first-order valence-corrected chi connectivity index (χ1v) is 7.66. The summed E-state index contributed by atoms with van der Waals surface area (Å²) in [6.07, 6.45) is 1.16. The normalized spacial score (nSPS) is 12.2. The predicted octanol–water partition coefficient (Wildman–Crippen LogP) is 1.48. The Morgan fingerprint density at radius 3 is 2.07 bits per heavy atom. The van der Waals surface area contributed by atoms with Crippen LogP contribution in [0.3, 0.4) is 0 Å². The third kappa shape index (κ3) is 5.53. The van der Waals surface area contributed by atoms with E-state index >= 15 is 0 Å². The molecule has 0 atom stereocenters. The second-order valence-electron chi connectivity index (χ2n) is 3.85. The molecule has 0 spiro atoms. The Morgan fingerprint density at radius 2 is 1.71 bits per heavy atom. The molecule has 14 heavy (non-hydrogen) atoms. The minimum Gasteiger partial charge on any atom is -0.517 e. The summed E-state index contributed by atoms with van der Waals surface area (Å²) in [4.78, 5) is 22.1. The molecule has 0 saturated heterocycles. The molecule has 0 rings (SSSR count). The van der Waals surface area contributed by atoms with Crippen molar-refractivity contribution in [3.05, 3.63) is 11.6 Å². The molecule has 0 aromatic rings. The van der Waals surface area contributed by atoms with Crippen LogP contribution in [0.2, 0.25) is 19.6 Å².